The fraction of sp³-hybridized carbons (Fsp3) is 0.364. The average Bonchev–Trinajstić information content (AvgIpc) is 2.31. The van der Waals surface area contributed by atoms with E-state index in [0.717, 1.165) is 0 Å². The van der Waals surface area contributed by atoms with Crippen molar-refractivity contribution in [2.75, 3.05) is 13.7 Å². The van der Waals surface area contributed by atoms with E-state index in [4.69, 9.17) is 10.5 Å². The molecule has 0 aromatic heterocycles. The highest BCUT2D eigenvalue weighted by atomic mass is 16.6. The zero-order valence-corrected chi connectivity index (χ0v) is 10.2. The first-order valence-electron chi connectivity index (χ1n) is 5.30. The van der Waals surface area contributed by atoms with E-state index in [1.165, 1.54) is 6.07 Å². The topological polar surface area (TPSA) is 107 Å². The largest absolute Gasteiger partial charge is 0.491 e. The molecule has 3 N–H and O–H groups in total. The molecule has 0 spiro atoms. The predicted octanol–water partition coefficient (Wildman–Crippen LogP) is 0.355. The molecule has 0 radical (unpaired) electrons. The Morgan fingerprint density at radius 1 is 1.61 bits per heavy atom. The molecule has 0 aliphatic carbocycles. The average molecular weight is 253 g/mol. The van der Waals surface area contributed by atoms with E-state index in [2.05, 4.69) is 5.32 Å². The molecule has 0 fully saturated rings. The van der Waals surface area contributed by atoms with Crippen LogP contribution in [0.4, 0.5) is 5.69 Å². The van der Waals surface area contributed by atoms with E-state index in [-0.39, 0.29) is 12.3 Å². The molecule has 98 valence electrons. The van der Waals surface area contributed by atoms with E-state index < -0.39 is 16.9 Å². The molecule has 0 saturated carbocycles. The number of carbonyl (C=O) groups excluding carboxylic acids is 1. The molecule has 1 aromatic rings. The summed E-state index contributed by atoms with van der Waals surface area (Å²) in [6.45, 7) is 1.66. The molecule has 1 amide bonds. The number of ether oxygens (including phenoxy) is 1. The number of rotatable bonds is 6. The van der Waals surface area contributed by atoms with Crippen LogP contribution in [0.15, 0.2) is 18.2 Å². The Morgan fingerprint density at radius 3 is 2.78 bits per heavy atom. The number of nitrogens with one attached hydrogen (secondary N) is 1. The Morgan fingerprint density at radius 2 is 2.28 bits per heavy atom. The van der Waals surface area contributed by atoms with Crippen molar-refractivity contribution in [1.29, 1.82) is 0 Å². The molecule has 1 atom stereocenters. The van der Waals surface area contributed by atoms with Gasteiger partial charge in [-0.05, 0) is 26.1 Å². The number of hydrogen-bond donors (Lipinski definition) is 2. The van der Waals surface area contributed by atoms with Crippen molar-refractivity contribution in [3.63, 3.8) is 0 Å². The molecule has 18 heavy (non-hydrogen) atoms. The van der Waals surface area contributed by atoms with E-state index in [0.29, 0.717) is 11.3 Å². The zero-order chi connectivity index (χ0) is 13.7. The van der Waals surface area contributed by atoms with Gasteiger partial charge in [0.05, 0.1) is 11.0 Å². The second kappa shape index (κ2) is 5.97. The van der Waals surface area contributed by atoms with E-state index in [9.17, 15) is 14.9 Å². The predicted molar refractivity (Wildman–Crippen MR) is 65.4 cm³/mol. The van der Waals surface area contributed by atoms with Gasteiger partial charge in [-0.15, -0.1) is 0 Å². The maximum atomic E-state index is 11.0. The molecule has 0 saturated heterocycles. The number of nitrogens with zero attached hydrogens (tertiary/aromatic N) is 1. The number of likely N-dealkylation sites (N-methyl/N-ethyl adjacent to an activating group) is 1. The Bertz CT molecular complexity index is 462. The lowest BCUT2D eigenvalue weighted by atomic mass is 10.2. The second-order valence-electron chi connectivity index (χ2n) is 3.76. The van der Waals surface area contributed by atoms with Crippen molar-refractivity contribution in [1.82, 2.24) is 5.32 Å². The molecule has 0 aliphatic heterocycles. The van der Waals surface area contributed by atoms with Crippen LogP contribution in [0.2, 0.25) is 0 Å². The summed E-state index contributed by atoms with van der Waals surface area (Å²) in [6, 6.07) is 3.89. The number of carbonyl (C=O) groups is 1. The van der Waals surface area contributed by atoms with Gasteiger partial charge in [0, 0.05) is 5.56 Å². The van der Waals surface area contributed by atoms with Gasteiger partial charge in [-0.3, -0.25) is 14.9 Å². The molecule has 7 heteroatoms. The van der Waals surface area contributed by atoms with Crippen LogP contribution >= 0.6 is 0 Å². The minimum absolute atomic E-state index is 0.0199. The zero-order valence-electron chi connectivity index (χ0n) is 10.2. The van der Waals surface area contributed by atoms with Crippen LogP contribution in [0.5, 0.6) is 5.75 Å². The number of nitrogens with two attached hydrogens (primary N) is 1. The Balaban J connectivity index is 2.77. The molecule has 0 aliphatic rings. The van der Waals surface area contributed by atoms with Crippen molar-refractivity contribution < 1.29 is 14.5 Å². The normalized spacial score (nSPS) is 11.9. The molecule has 1 rings (SSSR count). The fourth-order valence-electron chi connectivity index (χ4n) is 1.36. The molecular weight excluding hydrogens is 238 g/mol. The maximum Gasteiger partial charge on any atom is 0.276 e. The monoisotopic (exact) mass is 253 g/mol. The van der Waals surface area contributed by atoms with Crippen LogP contribution in [0.3, 0.4) is 0 Å². The minimum atomic E-state index is -0.634. The number of primary amides is 1. The molecule has 0 bridgehead atoms. The van der Waals surface area contributed by atoms with Gasteiger partial charge in [0.15, 0.2) is 0 Å². The van der Waals surface area contributed by atoms with Gasteiger partial charge in [0.25, 0.3) is 5.69 Å². The lowest BCUT2D eigenvalue weighted by Gasteiger charge is -2.13. The number of nitro groups is 1. The van der Waals surface area contributed by atoms with E-state index >= 15 is 0 Å². The van der Waals surface area contributed by atoms with Gasteiger partial charge in [-0.1, -0.05) is 0 Å². The van der Waals surface area contributed by atoms with Gasteiger partial charge < -0.3 is 15.8 Å². The number of benzene rings is 1. The highest BCUT2D eigenvalue weighted by Gasteiger charge is 2.15. The highest BCUT2D eigenvalue weighted by molar-refractivity contribution is 5.79. The quantitative estimate of drug-likeness (QED) is 0.562. The van der Waals surface area contributed by atoms with Crippen LogP contribution in [-0.4, -0.2) is 30.5 Å². The lowest BCUT2D eigenvalue weighted by Crippen LogP contribution is -2.43. The summed E-state index contributed by atoms with van der Waals surface area (Å²) >= 11 is 0. The smallest absolute Gasteiger partial charge is 0.276 e. The van der Waals surface area contributed by atoms with Gasteiger partial charge in [-0.2, -0.15) is 0 Å². The first-order valence-corrected chi connectivity index (χ1v) is 5.30. The summed E-state index contributed by atoms with van der Waals surface area (Å²) in [6.07, 6.45) is 0. The SMILES string of the molecule is CNC(COc1ccc(C)c([N+](=O)[O-])c1)C(N)=O. The van der Waals surface area contributed by atoms with Crippen molar-refractivity contribution in [3.8, 4) is 5.75 Å². The summed E-state index contributed by atoms with van der Waals surface area (Å²) in [5.41, 5.74) is 5.65. The van der Waals surface area contributed by atoms with Crippen LogP contribution in [0, 0.1) is 17.0 Å². The Labute approximate surface area is 104 Å². The summed E-state index contributed by atoms with van der Waals surface area (Å²) in [4.78, 5) is 21.2. The third-order valence-corrected chi connectivity index (χ3v) is 2.49. The number of hydrogen-bond acceptors (Lipinski definition) is 5. The second-order valence-corrected chi connectivity index (χ2v) is 3.76. The maximum absolute atomic E-state index is 11.0. The fourth-order valence-corrected chi connectivity index (χ4v) is 1.36. The van der Waals surface area contributed by atoms with Gasteiger partial charge in [-0.25, -0.2) is 0 Å². The lowest BCUT2D eigenvalue weighted by molar-refractivity contribution is -0.385. The molecule has 0 heterocycles. The first kappa shape index (κ1) is 13.9. The Hall–Kier alpha value is -2.15. The molecule has 1 aromatic carbocycles. The standard InChI is InChI=1S/C11H15N3O4/c1-7-3-4-8(5-10(7)14(16)17)18-6-9(13-2)11(12)15/h3-5,9,13H,6H2,1-2H3,(H2,12,15). The van der Waals surface area contributed by atoms with Crippen molar-refractivity contribution in [2.24, 2.45) is 5.73 Å². The summed E-state index contributed by atoms with van der Waals surface area (Å²) < 4.78 is 5.30. The first-order chi connectivity index (χ1) is 8.45. The van der Waals surface area contributed by atoms with Crippen LogP contribution in [-0.2, 0) is 4.79 Å². The number of aryl methyl sites for hydroxylation is 1. The third kappa shape index (κ3) is 3.42. The Kier molecular flexibility index (Phi) is 4.61. The number of amides is 1. The number of nitro benzene ring substituents is 1. The van der Waals surface area contributed by atoms with Crippen molar-refractivity contribution >= 4 is 11.6 Å². The summed E-state index contributed by atoms with van der Waals surface area (Å²) in [5.74, 6) is -0.215. The van der Waals surface area contributed by atoms with Crippen LogP contribution in [0.1, 0.15) is 5.56 Å². The van der Waals surface area contributed by atoms with Crippen molar-refractivity contribution in [2.45, 2.75) is 13.0 Å². The summed E-state index contributed by atoms with van der Waals surface area (Å²) in [5, 5.41) is 13.4. The van der Waals surface area contributed by atoms with Gasteiger partial charge in [0.2, 0.25) is 5.91 Å². The third-order valence-electron chi connectivity index (χ3n) is 2.49. The van der Waals surface area contributed by atoms with E-state index in [1.807, 2.05) is 0 Å². The van der Waals surface area contributed by atoms with Gasteiger partial charge >= 0.3 is 0 Å². The van der Waals surface area contributed by atoms with Crippen LogP contribution in [0.25, 0.3) is 0 Å². The van der Waals surface area contributed by atoms with Gasteiger partial charge in [0.1, 0.15) is 18.4 Å². The minimum Gasteiger partial charge on any atom is -0.491 e. The highest BCUT2D eigenvalue weighted by Crippen LogP contribution is 2.23. The van der Waals surface area contributed by atoms with Crippen LogP contribution < -0.4 is 15.8 Å². The molecular formula is C11H15N3O4. The van der Waals surface area contributed by atoms with Crippen molar-refractivity contribution in [3.05, 3.63) is 33.9 Å². The summed E-state index contributed by atoms with van der Waals surface area (Å²) in [7, 11) is 1.58. The van der Waals surface area contributed by atoms with E-state index in [1.54, 1.807) is 26.1 Å². The molecule has 7 nitrogen and oxygen atoms in total. The molecule has 1 unspecified atom stereocenters.